The molecule has 4 rings (SSSR count). The van der Waals surface area contributed by atoms with Crippen LogP contribution in [0.5, 0.6) is 5.75 Å². The number of methoxy groups -OCH3 is 1. The van der Waals surface area contributed by atoms with Gasteiger partial charge in [0, 0.05) is 24.3 Å². The van der Waals surface area contributed by atoms with E-state index in [2.05, 4.69) is 46.2 Å². The van der Waals surface area contributed by atoms with E-state index in [1.165, 1.54) is 10.4 Å². The SMILES string of the molecule is COc1ccc(C(Nc2ncnc3sc(C)c(C)c23)c2nccn2C)cc1. The number of hydrogen-bond acceptors (Lipinski definition) is 6. The Labute approximate surface area is 161 Å². The summed E-state index contributed by atoms with van der Waals surface area (Å²) in [5.41, 5.74) is 2.30. The fourth-order valence-corrected chi connectivity index (χ4v) is 4.17. The molecule has 138 valence electrons. The average molecular weight is 379 g/mol. The van der Waals surface area contributed by atoms with E-state index >= 15 is 0 Å². The quantitative estimate of drug-likeness (QED) is 0.561. The second-order valence-electron chi connectivity index (χ2n) is 6.43. The molecule has 7 heteroatoms. The lowest BCUT2D eigenvalue weighted by Gasteiger charge is -2.20. The number of nitrogens with one attached hydrogen (secondary N) is 1. The van der Waals surface area contributed by atoms with Gasteiger partial charge in [-0.1, -0.05) is 12.1 Å². The fourth-order valence-electron chi connectivity index (χ4n) is 3.18. The molecule has 1 unspecified atom stereocenters. The molecule has 0 aliphatic heterocycles. The topological polar surface area (TPSA) is 64.9 Å². The minimum atomic E-state index is -0.145. The van der Waals surface area contributed by atoms with Crippen LogP contribution in [-0.4, -0.2) is 26.6 Å². The van der Waals surface area contributed by atoms with Gasteiger partial charge in [0.1, 0.15) is 34.6 Å². The van der Waals surface area contributed by atoms with Crippen LogP contribution in [0.25, 0.3) is 10.2 Å². The molecular weight excluding hydrogens is 358 g/mol. The van der Waals surface area contributed by atoms with Gasteiger partial charge in [-0.3, -0.25) is 0 Å². The van der Waals surface area contributed by atoms with E-state index in [-0.39, 0.29) is 6.04 Å². The lowest BCUT2D eigenvalue weighted by Crippen LogP contribution is -2.17. The number of benzene rings is 1. The summed E-state index contributed by atoms with van der Waals surface area (Å²) in [6.45, 7) is 4.23. The van der Waals surface area contributed by atoms with Crippen molar-refractivity contribution >= 4 is 27.4 Å². The molecular formula is C20H21N5OS. The molecule has 0 fully saturated rings. The Kier molecular flexibility index (Phi) is 4.53. The first-order valence-electron chi connectivity index (χ1n) is 8.67. The van der Waals surface area contributed by atoms with E-state index in [1.807, 2.05) is 36.1 Å². The van der Waals surface area contributed by atoms with Crippen LogP contribution in [0.4, 0.5) is 5.82 Å². The van der Waals surface area contributed by atoms with Gasteiger partial charge in [0.2, 0.25) is 0 Å². The normalized spacial score (nSPS) is 12.3. The second-order valence-corrected chi connectivity index (χ2v) is 7.64. The van der Waals surface area contributed by atoms with Crippen molar-refractivity contribution in [1.82, 2.24) is 19.5 Å². The molecule has 0 spiro atoms. The molecule has 0 saturated carbocycles. The highest BCUT2D eigenvalue weighted by Gasteiger charge is 2.21. The first kappa shape index (κ1) is 17.5. The highest BCUT2D eigenvalue weighted by molar-refractivity contribution is 7.18. The first-order valence-corrected chi connectivity index (χ1v) is 9.48. The summed E-state index contributed by atoms with van der Waals surface area (Å²) in [5.74, 6) is 2.56. The zero-order valence-electron chi connectivity index (χ0n) is 15.7. The predicted octanol–water partition coefficient (Wildman–Crippen LogP) is 4.25. The third-order valence-electron chi connectivity index (χ3n) is 4.81. The number of aryl methyl sites for hydroxylation is 3. The van der Waals surface area contributed by atoms with Gasteiger partial charge < -0.3 is 14.6 Å². The molecule has 4 aromatic rings. The third kappa shape index (κ3) is 3.14. The monoisotopic (exact) mass is 379 g/mol. The van der Waals surface area contributed by atoms with E-state index in [9.17, 15) is 0 Å². The van der Waals surface area contributed by atoms with E-state index in [4.69, 9.17) is 4.74 Å². The zero-order chi connectivity index (χ0) is 19.0. The molecule has 0 radical (unpaired) electrons. The van der Waals surface area contributed by atoms with Crippen LogP contribution in [0.15, 0.2) is 43.0 Å². The highest BCUT2D eigenvalue weighted by atomic mass is 32.1. The Morgan fingerprint density at radius 2 is 1.89 bits per heavy atom. The summed E-state index contributed by atoms with van der Waals surface area (Å²) < 4.78 is 7.32. The summed E-state index contributed by atoms with van der Waals surface area (Å²) in [6.07, 6.45) is 5.37. The number of anilines is 1. The van der Waals surface area contributed by atoms with E-state index in [0.29, 0.717) is 0 Å². The molecule has 0 saturated heterocycles. The van der Waals surface area contributed by atoms with Crippen molar-refractivity contribution < 1.29 is 4.74 Å². The van der Waals surface area contributed by atoms with Gasteiger partial charge in [-0.05, 0) is 37.1 Å². The Bertz CT molecular complexity index is 1080. The maximum absolute atomic E-state index is 5.30. The Hall–Kier alpha value is -2.93. The predicted molar refractivity (Wildman–Crippen MR) is 109 cm³/mol. The molecule has 27 heavy (non-hydrogen) atoms. The minimum absolute atomic E-state index is 0.145. The number of hydrogen-bond donors (Lipinski definition) is 1. The van der Waals surface area contributed by atoms with Gasteiger partial charge >= 0.3 is 0 Å². The third-order valence-corrected chi connectivity index (χ3v) is 5.93. The molecule has 1 atom stereocenters. The molecule has 0 aliphatic rings. The maximum atomic E-state index is 5.30. The maximum Gasteiger partial charge on any atom is 0.139 e. The van der Waals surface area contributed by atoms with Crippen LogP contribution < -0.4 is 10.1 Å². The highest BCUT2D eigenvalue weighted by Crippen LogP contribution is 2.35. The van der Waals surface area contributed by atoms with Crippen LogP contribution in [-0.2, 0) is 7.05 Å². The summed E-state index contributed by atoms with van der Waals surface area (Å²) in [7, 11) is 3.67. The molecule has 0 bridgehead atoms. The van der Waals surface area contributed by atoms with Crippen molar-refractivity contribution in [3.05, 3.63) is 64.8 Å². The van der Waals surface area contributed by atoms with Crippen molar-refractivity contribution in [3.8, 4) is 5.75 Å². The Balaban J connectivity index is 1.81. The lowest BCUT2D eigenvalue weighted by atomic mass is 10.1. The number of ether oxygens (including phenoxy) is 1. The van der Waals surface area contributed by atoms with Crippen molar-refractivity contribution in [1.29, 1.82) is 0 Å². The van der Waals surface area contributed by atoms with Crippen LogP contribution >= 0.6 is 11.3 Å². The van der Waals surface area contributed by atoms with Crippen LogP contribution in [0.3, 0.4) is 0 Å². The molecule has 3 aromatic heterocycles. The number of imidazole rings is 1. The second kappa shape index (κ2) is 7.00. The van der Waals surface area contributed by atoms with Crippen LogP contribution in [0.1, 0.15) is 27.9 Å². The standard InChI is InChI=1S/C20H21N5OS/c1-12-13(2)27-20-16(12)18(22-11-23-20)24-17(19-21-9-10-25(19)3)14-5-7-15(26-4)8-6-14/h5-11,17H,1-4H3,(H,22,23,24). The summed E-state index contributed by atoms with van der Waals surface area (Å²) in [4.78, 5) is 15.8. The molecule has 3 heterocycles. The van der Waals surface area contributed by atoms with Gasteiger partial charge in [-0.25, -0.2) is 15.0 Å². The summed E-state index contributed by atoms with van der Waals surface area (Å²) in [5, 5.41) is 4.68. The number of aromatic nitrogens is 4. The van der Waals surface area contributed by atoms with Gasteiger partial charge in [-0.2, -0.15) is 0 Å². The molecule has 0 amide bonds. The molecule has 1 N–H and O–H groups in total. The van der Waals surface area contributed by atoms with E-state index in [1.54, 1.807) is 24.8 Å². The fraction of sp³-hybridized carbons (Fsp3) is 0.250. The van der Waals surface area contributed by atoms with Gasteiger partial charge in [0.15, 0.2) is 0 Å². The summed E-state index contributed by atoms with van der Waals surface area (Å²) >= 11 is 1.69. The summed E-state index contributed by atoms with van der Waals surface area (Å²) in [6, 6.07) is 7.88. The smallest absolute Gasteiger partial charge is 0.139 e. The van der Waals surface area contributed by atoms with Crippen molar-refractivity contribution in [2.75, 3.05) is 12.4 Å². The lowest BCUT2D eigenvalue weighted by molar-refractivity contribution is 0.414. The van der Waals surface area contributed by atoms with Crippen LogP contribution in [0, 0.1) is 13.8 Å². The van der Waals surface area contributed by atoms with Gasteiger partial charge in [0.05, 0.1) is 12.5 Å². The molecule has 0 aliphatic carbocycles. The van der Waals surface area contributed by atoms with Crippen LogP contribution in [0.2, 0.25) is 0 Å². The van der Waals surface area contributed by atoms with Crippen molar-refractivity contribution in [2.45, 2.75) is 19.9 Å². The first-order chi connectivity index (χ1) is 13.1. The zero-order valence-corrected chi connectivity index (χ0v) is 16.5. The number of rotatable bonds is 5. The van der Waals surface area contributed by atoms with Crippen molar-refractivity contribution in [3.63, 3.8) is 0 Å². The number of nitrogens with zero attached hydrogens (tertiary/aromatic N) is 4. The molecule has 1 aromatic carbocycles. The molecule has 6 nitrogen and oxygen atoms in total. The Morgan fingerprint density at radius 1 is 1.11 bits per heavy atom. The number of fused-ring (bicyclic) bond motifs is 1. The van der Waals surface area contributed by atoms with Gasteiger partial charge in [0.25, 0.3) is 0 Å². The largest absolute Gasteiger partial charge is 0.497 e. The average Bonchev–Trinajstić information content (AvgIpc) is 3.23. The minimum Gasteiger partial charge on any atom is -0.497 e. The van der Waals surface area contributed by atoms with Gasteiger partial charge in [-0.15, -0.1) is 11.3 Å². The van der Waals surface area contributed by atoms with Crippen molar-refractivity contribution in [2.24, 2.45) is 7.05 Å². The number of thiophene rings is 1. The Morgan fingerprint density at radius 3 is 2.56 bits per heavy atom. The van der Waals surface area contributed by atoms with E-state index < -0.39 is 0 Å². The van der Waals surface area contributed by atoms with E-state index in [0.717, 1.165) is 33.2 Å².